The minimum absolute atomic E-state index is 0.228. The summed E-state index contributed by atoms with van der Waals surface area (Å²) in [6, 6.07) is 7.08. The lowest BCUT2D eigenvalue weighted by Crippen LogP contribution is -2.37. The fraction of sp³-hybridized carbons (Fsp3) is 0.667. The van der Waals surface area contributed by atoms with Gasteiger partial charge in [0, 0.05) is 23.0 Å². The molecule has 1 aromatic carbocycles. The van der Waals surface area contributed by atoms with Gasteiger partial charge in [0.2, 0.25) is 0 Å². The van der Waals surface area contributed by atoms with Gasteiger partial charge in [0.05, 0.1) is 0 Å². The number of benzene rings is 1. The Kier molecular flexibility index (Phi) is 4.72. The second-order valence-corrected chi connectivity index (χ2v) is 7.88. The molecule has 0 aromatic heterocycles. The van der Waals surface area contributed by atoms with Crippen molar-refractivity contribution in [2.24, 2.45) is 5.73 Å². The van der Waals surface area contributed by atoms with Crippen LogP contribution in [-0.2, 0) is 5.41 Å². The topological polar surface area (TPSA) is 29.3 Å². The second kappa shape index (κ2) is 6.39. The number of nitrogens with two attached hydrogens (primary N) is 1. The zero-order valence-corrected chi connectivity index (χ0v) is 14.7. The van der Waals surface area contributed by atoms with Crippen LogP contribution >= 0.6 is 15.9 Å². The van der Waals surface area contributed by atoms with E-state index in [4.69, 9.17) is 5.73 Å². The smallest absolute Gasteiger partial charge is 0.0213 e. The predicted octanol–water partition coefficient (Wildman–Crippen LogP) is 4.03. The van der Waals surface area contributed by atoms with Crippen molar-refractivity contribution >= 4 is 15.9 Å². The summed E-state index contributed by atoms with van der Waals surface area (Å²) in [7, 11) is 2.22. The van der Waals surface area contributed by atoms with E-state index in [1.54, 1.807) is 0 Å². The van der Waals surface area contributed by atoms with E-state index >= 15 is 0 Å². The Labute approximate surface area is 137 Å². The molecule has 1 saturated heterocycles. The van der Waals surface area contributed by atoms with Gasteiger partial charge >= 0.3 is 0 Å². The summed E-state index contributed by atoms with van der Waals surface area (Å²) in [5.74, 6) is 0.679. The maximum Gasteiger partial charge on any atom is 0.0213 e. The van der Waals surface area contributed by atoms with Gasteiger partial charge in [-0.2, -0.15) is 0 Å². The monoisotopic (exact) mass is 350 g/mol. The van der Waals surface area contributed by atoms with E-state index in [9.17, 15) is 0 Å². The van der Waals surface area contributed by atoms with Crippen molar-refractivity contribution in [3.63, 3.8) is 0 Å². The maximum atomic E-state index is 6.18. The molecule has 1 atom stereocenters. The molecule has 1 aromatic rings. The number of hydrogen-bond acceptors (Lipinski definition) is 2. The number of nitrogens with zero attached hydrogens (tertiary/aromatic N) is 1. The molecule has 1 aliphatic carbocycles. The molecule has 1 saturated carbocycles. The molecule has 2 N–H and O–H groups in total. The van der Waals surface area contributed by atoms with E-state index in [2.05, 4.69) is 46.1 Å². The quantitative estimate of drug-likeness (QED) is 0.891. The summed E-state index contributed by atoms with van der Waals surface area (Å²) >= 11 is 3.84. The lowest BCUT2D eigenvalue weighted by atomic mass is 9.69. The van der Waals surface area contributed by atoms with E-state index in [1.165, 1.54) is 67.2 Å². The number of halogens is 1. The van der Waals surface area contributed by atoms with Crippen LogP contribution in [0.2, 0.25) is 0 Å². The van der Waals surface area contributed by atoms with Crippen LogP contribution in [0, 0.1) is 0 Å². The van der Waals surface area contributed by atoms with Crippen LogP contribution in [0.3, 0.4) is 0 Å². The average Bonchev–Trinajstić information content (AvgIpc) is 2.94. The van der Waals surface area contributed by atoms with Crippen molar-refractivity contribution < 1.29 is 0 Å². The second-order valence-electron chi connectivity index (χ2n) is 7.03. The molecule has 2 aliphatic rings. The van der Waals surface area contributed by atoms with Crippen LogP contribution in [0.1, 0.15) is 55.6 Å². The Morgan fingerprint density at radius 3 is 2.62 bits per heavy atom. The molecule has 3 heteroatoms. The maximum absolute atomic E-state index is 6.18. The van der Waals surface area contributed by atoms with E-state index < -0.39 is 0 Å². The Morgan fingerprint density at radius 1 is 1.29 bits per heavy atom. The summed E-state index contributed by atoms with van der Waals surface area (Å²) in [6.45, 7) is 3.18. The van der Waals surface area contributed by atoms with Gasteiger partial charge in [0.1, 0.15) is 0 Å². The average molecular weight is 351 g/mol. The Balaban J connectivity index is 1.86. The van der Waals surface area contributed by atoms with Gasteiger partial charge in [-0.25, -0.2) is 0 Å². The third-order valence-electron chi connectivity index (χ3n) is 5.65. The normalized spacial score (nSPS) is 26.1. The Morgan fingerprint density at radius 2 is 2.05 bits per heavy atom. The molecule has 21 heavy (non-hydrogen) atoms. The summed E-state index contributed by atoms with van der Waals surface area (Å²) in [6.07, 6.45) is 7.79. The van der Waals surface area contributed by atoms with Crippen LogP contribution in [0.15, 0.2) is 22.7 Å². The van der Waals surface area contributed by atoms with Gasteiger partial charge in [-0.3, -0.25) is 0 Å². The zero-order valence-electron chi connectivity index (χ0n) is 13.1. The third kappa shape index (κ3) is 3.06. The first kappa shape index (κ1) is 15.5. The molecule has 1 heterocycles. The highest BCUT2D eigenvalue weighted by molar-refractivity contribution is 9.10. The van der Waals surface area contributed by atoms with Crippen molar-refractivity contribution in [1.29, 1.82) is 0 Å². The fourth-order valence-electron chi connectivity index (χ4n) is 4.22. The minimum Gasteiger partial charge on any atom is -0.330 e. The lowest BCUT2D eigenvalue weighted by Gasteiger charge is -2.37. The number of rotatable bonds is 3. The fourth-order valence-corrected chi connectivity index (χ4v) is 4.92. The van der Waals surface area contributed by atoms with E-state index in [1.807, 2.05) is 0 Å². The van der Waals surface area contributed by atoms with Gasteiger partial charge in [0.15, 0.2) is 0 Å². The van der Waals surface area contributed by atoms with Gasteiger partial charge < -0.3 is 10.6 Å². The van der Waals surface area contributed by atoms with Crippen molar-refractivity contribution in [3.8, 4) is 0 Å². The molecule has 0 radical (unpaired) electrons. The van der Waals surface area contributed by atoms with Gasteiger partial charge in [-0.15, -0.1) is 0 Å². The molecule has 0 bridgehead atoms. The molecule has 2 fully saturated rings. The summed E-state index contributed by atoms with van der Waals surface area (Å²) in [5.41, 5.74) is 9.33. The molecule has 116 valence electrons. The first-order chi connectivity index (χ1) is 10.1. The van der Waals surface area contributed by atoms with Crippen LogP contribution in [0.5, 0.6) is 0 Å². The van der Waals surface area contributed by atoms with E-state index in [-0.39, 0.29) is 5.41 Å². The van der Waals surface area contributed by atoms with E-state index in [0.29, 0.717) is 5.92 Å². The first-order valence-corrected chi connectivity index (χ1v) is 9.12. The lowest BCUT2D eigenvalue weighted by molar-refractivity contribution is 0.300. The molecule has 2 nitrogen and oxygen atoms in total. The minimum atomic E-state index is 0.228. The Bertz CT molecular complexity index is 494. The third-order valence-corrected chi connectivity index (χ3v) is 6.33. The number of likely N-dealkylation sites (N-methyl/N-ethyl adjacent to an activating group) is 1. The Hall–Kier alpha value is -0.380. The zero-order chi connectivity index (χ0) is 14.9. The van der Waals surface area contributed by atoms with Crippen molar-refractivity contribution in [1.82, 2.24) is 4.90 Å². The van der Waals surface area contributed by atoms with Crippen LogP contribution in [0.4, 0.5) is 0 Å². The van der Waals surface area contributed by atoms with Crippen molar-refractivity contribution in [2.45, 2.75) is 49.9 Å². The molecule has 1 unspecified atom stereocenters. The molecular formula is C18H27BrN2. The first-order valence-electron chi connectivity index (χ1n) is 8.33. The van der Waals surface area contributed by atoms with Gasteiger partial charge in [-0.1, -0.05) is 47.3 Å². The molecule has 0 spiro atoms. The standard InChI is InChI=1S/C18H27BrN2/c1-21-10-7-14(12-21)16-6-5-15(11-17(16)19)18(13-20)8-3-2-4-9-18/h5-6,11,14H,2-4,7-10,12-13,20H2,1H3. The summed E-state index contributed by atoms with van der Waals surface area (Å²) in [4.78, 5) is 2.42. The highest BCUT2D eigenvalue weighted by atomic mass is 79.9. The van der Waals surface area contributed by atoms with Crippen LogP contribution in [-0.4, -0.2) is 31.6 Å². The number of hydrogen-bond donors (Lipinski definition) is 1. The van der Waals surface area contributed by atoms with Crippen molar-refractivity contribution in [3.05, 3.63) is 33.8 Å². The molecule has 3 rings (SSSR count). The molecule has 0 amide bonds. The van der Waals surface area contributed by atoms with Crippen molar-refractivity contribution in [2.75, 3.05) is 26.7 Å². The van der Waals surface area contributed by atoms with Gasteiger partial charge in [0.25, 0.3) is 0 Å². The number of likely N-dealkylation sites (tertiary alicyclic amines) is 1. The highest BCUT2D eigenvalue weighted by Crippen LogP contribution is 2.41. The summed E-state index contributed by atoms with van der Waals surface area (Å²) < 4.78 is 1.29. The van der Waals surface area contributed by atoms with Gasteiger partial charge in [-0.05, 0) is 56.0 Å². The SMILES string of the molecule is CN1CCC(c2ccc(C3(CN)CCCCC3)cc2Br)C1. The summed E-state index contributed by atoms with van der Waals surface area (Å²) in [5, 5.41) is 0. The molecular weight excluding hydrogens is 324 g/mol. The predicted molar refractivity (Wildman–Crippen MR) is 92.8 cm³/mol. The molecule has 1 aliphatic heterocycles. The van der Waals surface area contributed by atoms with Crippen LogP contribution in [0.25, 0.3) is 0 Å². The van der Waals surface area contributed by atoms with Crippen LogP contribution < -0.4 is 5.73 Å². The largest absolute Gasteiger partial charge is 0.330 e. The van der Waals surface area contributed by atoms with E-state index in [0.717, 1.165) is 6.54 Å². The highest BCUT2D eigenvalue weighted by Gasteiger charge is 2.33.